The van der Waals surface area contributed by atoms with Gasteiger partial charge < -0.3 is 10.3 Å². The van der Waals surface area contributed by atoms with E-state index in [-0.39, 0.29) is 17.5 Å². The van der Waals surface area contributed by atoms with Crippen LogP contribution in [0.2, 0.25) is 0 Å². The number of primary amides is 1. The Hall–Kier alpha value is -2.19. The van der Waals surface area contributed by atoms with Gasteiger partial charge in [0.2, 0.25) is 15.9 Å². The molecule has 8 heteroatoms. The summed E-state index contributed by atoms with van der Waals surface area (Å²) in [5.41, 5.74) is 6.78. The highest BCUT2D eigenvalue weighted by molar-refractivity contribution is 7.89. The molecule has 0 unspecified atom stereocenters. The third kappa shape index (κ3) is 3.07. The van der Waals surface area contributed by atoms with Crippen LogP contribution in [-0.4, -0.2) is 29.8 Å². The van der Waals surface area contributed by atoms with Crippen LogP contribution < -0.4 is 5.73 Å². The fourth-order valence-corrected chi connectivity index (χ4v) is 4.66. The molecule has 1 aliphatic rings. The Labute approximate surface area is 140 Å². The average Bonchev–Trinajstić information content (AvgIpc) is 3.29. The van der Waals surface area contributed by atoms with Gasteiger partial charge in [-0.05, 0) is 44.4 Å². The quantitative estimate of drug-likeness (QED) is 0.855. The lowest BCUT2D eigenvalue weighted by atomic mass is 10.1. The molecule has 7 nitrogen and oxygen atoms in total. The molecule has 1 aliphatic carbocycles. The predicted octanol–water partition coefficient (Wildman–Crippen LogP) is 1.74. The number of amides is 1. The maximum atomic E-state index is 13.0. The SMILES string of the molecule is Cc1noc(C)c1S(=O)(=O)N(Cc1ccc(C(N)=O)cc1)C1CC1. The summed E-state index contributed by atoms with van der Waals surface area (Å²) in [5, 5.41) is 3.75. The van der Waals surface area contributed by atoms with E-state index in [0.29, 0.717) is 17.0 Å². The summed E-state index contributed by atoms with van der Waals surface area (Å²) in [5.74, 6) is -0.217. The Bertz CT molecular complexity index is 848. The molecule has 1 amide bonds. The third-order valence-corrected chi connectivity index (χ3v) is 6.21. The van der Waals surface area contributed by atoms with Crippen LogP contribution in [0.1, 0.15) is 40.2 Å². The van der Waals surface area contributed by atoms with Crippen molar-refractivity contribution in [2.45, 2.75) is 44.2 Å². The number of nitrogens with two attached hydrogens (primary N) is 1. The molecular formula is C16H19N3O4S. The maximum Gasteiger partial charge on any atom is 0.249 e. The zero-order valence-electron chi connectivity index (χ0n) is 13.5. The van der Waals surface area contributed by atoms with Crippen molar-refractivity contribution in [3.63, 3.8) is 0 Å². The molecule has 0 bridgehead atoms. The second-order valence-electron chi connectivity index (χ2n) is 6.00. The molecule has 24 heavy (non-hydrogen) atoms. The Kier molecular flexibility index (Phi) is 4.18. The van der Waals surface area contributed by atoms with Gasteiger partial charge in [0.15, 0.2) is 5.76 Å². The molecule has 128 valence electrons. The van der Waals surface area contributed by atoms with E-state index < -0.39 is 15.9 Å². The summed E-state index contributed by atoms with van der Waals surface area (Å²) >= 11 is 0. The standard InChI is InChI=1S/C16H19N3O4S/c1-10-15(11(2)23-18-10)24(21,22)19(14-7-8-14)9-12-3-5-13(6-4-12)16(17)20/h3-6,14H,7-9H2,1-2H3,(H2,17,20). The molecule has 3 rings (SSSR count). The van der Waals surface area contributed by atoms with Gasteiger partial charge in [0.05, 0.1) is 0 Å². The molecule has 1 saturated carbocycles. The van der Waals surface area contributed by atoms with Crippen LogP contribution in [0.4, 0.5) is 0 Å². The van der Waals surface area contributed by atoms with Crippen molar-refractivity contribution in [3.05, 3.63) is 46.8 Å². The summed E-state index contributed by atoms with van der Waals surface area (Å²) < 4.78 is 32.6. The number of carbonyl (C=O) groups excluding carboxylic acids is 1. The Morgan fingerprint density at radius 2 is 1.92 bits per heavy atom. The number of hydrogen-bond donors (Lipinski definition) is 1. The van der Waals surface area contributed by atoms with Gasteiger partial charge >= 0.3 is 0 Å². The minimum atomic E-state index is -3.70. The molecular weight excluding hydrogens is 330 g/mol. The van der Waals surface area contributed by atoms with Gasteiger partial charge in [-0.15, -0.1) is 0 Å². The van der Waals surface area contributed by atoms with Crippen molar-refractivity contribution >= 4 is 15.9 Å². The molecule has 1 aromatic heterocycles. The highest BCUT2D eigenvalue weighted by Crippen LogP contribution is 2.35. The zero-order valence-corrected chi connectivity index (χ0v) is 14.3. The highest BCUT2D eigenvalue weighted by atomic mass is 32.2. The largest absolute Gasteiger partial charge is 0.366 e. The van der Waals surface area contributed by atoms with Gasteiger partial charge in [-0.25, -0.2) is 8.42 Å². The number of nitrogens with zero attached hydrogens (tertiary/aromatic N) is 2. The molecule has 0 saturated heterocycles. The first kappa shape index (κ1) is 16.7. The molecule has 2 N–H and O–H groups in total. The number of benzene rings is 1. The first-order valence-electron chi connectivity index (χ1n) is 7.64. The molecule has 0 atom stereocenters. The first-order valence-corrected chi connectivity index (χ1v) is 9.08. The van der Waals surface area contributed by atoms with Crippen LogP contribution in [-0.2, 0) is 16.6 Å². The molecule has 0 aliphatic heterocycles. The lowest BCUT2D eigenvalue weighted by molar-refractivity contribution is 0.1000. The van der Waals surface area contributed by atoms with Crippen molar-refractivity contribution in [1.29, 1.82) is 0 Å². The van der Waals surface area contributed by atoms with Crippen LogP contribution in [0.15, 0.2) is 33.7 Å². The molecule has 2 aromatic rings. The van der Waals surface area contributed by atoms with Crippen molar-refractivity contribution in [3.8, 4) is 0 Å². The monoisotopic (exact) mass is 349 g/mol. The smallest absolute Gasteiger partial charge is 0.249 e. The number of rotatable bonds is 6. The molecule has 0 radical (unpaired) electrons. The topological polar surface area (TPSA) is 106 Å². The van der Waals surface area contributed by atoms with Gasteiger partial charge in [-0.1, -0.05) is 17.3 Å². The van der Waals surface area contributed by atoms with Gasteiger partial charge in [-0.3, -0.25) is 4.79 Å². The number of aryl methyl sites for hydroxylation is 2. The summed E-state index contributed by atoms with van der Waals surface area (Å²) in [4.78, 5) is 11.3. The minimum absolute atomic E-state index is 0.0143. The van der Waals surface area contributed by atoms with E-state index >= 15 is 0 Å². The van der Waals surface area contributed by atoms with Crippen LogP contribution in [0.3, 0.4) is 0 Å². The number of aromatic nitrogens is 1. The molecule has 1 heterocycles. The van der Waals surface area contributed by atoms with Crippen LogP contribution in [0, 0.1) is 13.8 Å². The second-order valence-corrected chi connectivity index (χ2v) is 7.82. The maximum absolute atomic E-state index is 13.0. The fraction of sp³-hybridized carbons (Fsp3) is 0.375. The fourth-order valence-electron chi connectivity index (χ4n) is 2.69. The average molecular weight is 349 g/mol. The molecule has 1 fully saturated rings. The number of carbonyl (C=O) groups is 1. The Morgan fingerprint density at radius 1 is 1.29 bits per heavy atom. The van der Waals surface area contributed by atoms with Crippen molar-refractivity contribution in [1.82, 2.24) is 9.46 Å². The zero-order chi connectivity index (χ0) is 17.5. The molecule has 1 aromatic carbocycles. The van der Waals surface area contributed by atoms with Gasteiger partial charge in [0.1, 0.15) is 10.6 Å². The summed E-state index contributed by atoms with van der Waals surface area (Å²) in [6, 6.07) is 6.63. The Balaban J connectivity index is 1.92. The third-order valence-electron chi connectivity index (χ3n) is 4.07. The van der Waals surface area contributed by atoms with E-state index in [1.54, 1.807) is 38.1 Å². The van der Waals surface area contributed by atoms with Crippen LogP contribution in [0.5, 0.6) is 0 Å². The summed E-state index contributed by atoms with van der Waals surface area (Å²) in [6.07, 6.45) is 1.67. The normalized spacial score (nSPS) is 15.0. The van der Waals surface area contributed by atoms with Gasteiger partial charge in [-0.2, -0.15) is 4.31 Å². The van der Waals surface area contributed by atoms with E-state index in [9.17, 15) is 13.2 Å². The molecule has 0 spiro atoms. The minimum Gasteiger partial charge on any atom is -0.366 e. The van der Waals surface area contributed by atoms with E-state index in [4.69, 9.17) is 10.3 Å². The van der Waals surface area contributed by atoms with Crippen LogP contribution >= 0.6 is 0 Å². The van der Waals surface area contributed by atoms with Crippen molar-refractivity contribution < 1.29 is 17.7 Å². The number of hydrogen-bond acceptors (Lipinski definition) is 5. The van der Waals surface area contributed by atoms with Crippen molar-refractivity contribution in [2.24, 2.45) is 5.73 Å². The summed E-state index contributed by atoms with van der Waals surface area (Å²) in [6.45, 7) is 3.45. The van der Waals surface area contributed by atoms with E-state index in [0.717, 1.165) is 18.4 Å². The Morgan fingerprint density at radius 3 is 2.38 bits per heavy atom. The first-order chi connectivity index (χ1) is 11.3. The van der Waals surface area contributed by atoms with E-state index in [2.05, 4.69) is 5.16 Å². The van der Waals surface area contributed by atoms with E-state index in [1.165, 1.54) is 4.31 Å². The van der Waals surface area contributed by atoms with E-state index in [1.807, 2.05) is 0 Å². The van der Waals surface area contributed by atoms with Gasteiger partial charge in [0, 0.05) is 18.2 Å². The lowest BCUT2D eigenvalue weighted by Crippen LogP contribution is -2.33. The van der Waals surface area contributed by atoms with Gasteiger partial charge in [0.25, 0.3) is 0 Å². The highest BCUT2D eigenvalue weighted by Gasteiger charge is 2.40. The summed E-state index contributed by atoms with van der Waals surface area (Å²) in [7, 11) is -3.70. The van der Waals surface area contributed by atoms with Crippen LogP contribution in [0.25, 0.3) is 0 Å². The van der Waals surface area contributed by atoms with Crippen molar-refractivity contribution in [2.75, 3.05) is 0 Å². The second kappa shape index (κ2) is 6.03. The predicted molar refractivity (Wildman–Crippen MR) is 86.7 cm³/mol. The lowest BCUT2D eigenvalue weighted by Gasteiger charge is -2.22. The number of sulfonamides is 1.